The number of nitrogens with one attached hydrogen (secondary N) is 1. The number of para-hydroxylation sites is 1. The van der Waals surface area contributed by atoms with Crippen LogP contribution in [0.25, 0.3) is 0 Å². The van der Waals surface area contributed by atoms with E-state index in [1.165, 1.54) is 0 Å². The molecule has 2 rings (SSSR count). The monoisotopic (exact) mass is 342 g/mol. The molecule has 0 aliphatic heterocycles. The maximum Gasteiger partial charge on any atom is 0.318 e. The van der Waals surface area contributed by atoms with Gasteiger partial charge in [-0.05, 0) is 31.0 Å². The summed E-state index contributed by atoms with van der Waals surface area (Å²) in [4.78, 5) is 14.3. The van der Waals surface area contributed by atoms with Gasteiger partial charge in [0.15, 0.2) is 0 Å². The van der Waals surface area contributed by atoms with E-state index >= 15 is 0 Å². The molecule has 0 saturated heterocycles. The lowest BCUT2D eigenvalue weighted by Crippen LogP contribution is -2.42. The number of methoxy groups -OCH3 is 1. The predicted octanol–water partition coefficient (Wildman–Crippen LogP) is 3.27. The third kappa shape index (κ3) is 4.97. The summed E-state index contributed by atoms with van der Waals surface area (Å²) in [5.74, 6) is 0.727. The van der Waals surface area contributed by atoms with Crippen molar-refractivity contribution in [2.75, 3.05) is 20.3 Å². The summed E-state index contributed by atoms with van der Waals surface area (Å²) in [6.45, 7) is 4.52. The molecule has 2 aromatic carbocycles. The second kappa shape index (κ2) is 9.08. The van der Waals surface area contributed by atoms with E-state index < -0.39 is 0 Å². The Kier molecular flexibility index (Phi) is 6.83. The third-order valence-corrected chi connectivity index (χ3v) is 4.21. The number of aliphatic hydroxyl groups excluding tert-OH is 1. The Hall–Kier alpha value is -2.53. The van der Waals surface area contributed by atoms with Gasteiger partial charge in [-0.2, -0.15) is 0 Å². The van der Waals surface area contributed by atoms with Crippen LogP contribution in [-0.2, 0) is 6.54 Å². The van der Waals surface area contributed by atoms with Crippen molar-refractivity contribution >= 4 is 6.03 Å². The highest BCUT2D eigenvalue weighted by Crippen LogP contribution is 2.20. The number of carbonyl (C=O) groups is 1. The van der Waals surface area contributed by atoms with Gasteiger partial charge in [-0.25, -0.2) is 4.79 Å². The zero-order chi connectivity index (χ0) is 18.2. The molecule has 2 amide bonds. The topological polar surface area (TPSA) is 61.8 Å². The normalized spacial score (nSPS) is 11.7. The number of rotatable bonds is 7. The second-order valence-electron chi connectivity index (χ2n) is 5.98. The van der Waals surface area contributed by atoms with Crippen LogP contribution in [0.2, 0.25) is 0 Å². The highest BCUT2D eigenvalue weighted by molar-refractivity contribution is 5.75. The lowest BCUT2D eigenvalue weighted by atomic mass is 10.0. The maximum atomic E-state index is 12.7. The van der Waals surface area contributed by atoms with Gasteiger partial charge >= 0.3 is 6.03 Å². The van der Waals surface area contributed by atoms with Crippen LogP contribution in [-0.4, -0.2) is 36.3 Å². The van der Waals surface area contributed by atoms with E-state index in [0.717, 1.165) is 22.4 Å². The molecule has 2 aromatic rings. The number of benzene rings is 2. The molecule has 1 unspecified atom stereocenters. The van der Waals surface area contributed by atoms with Crippen LogP contribution in [0, 0.1) is 6.92 Å². The summed E-state index contributed by atoms with van der Waals surface area (Å²) in [6, 6.07) is 15.2. The Morgan fingerprint density at radius 3 is 2.56 bits per heavy atom. The van der Waals surface area contributed by atoms with Gasteiger partial charge in [0.1, 0.15) is 5.75 Å². The standard InChI is InChI=1S/C20H26N2O3/c1-15-8-4-6-10-18(15)16(2)21-20(24)22(12-13-23)14-17-9-5-7-11-19(17)25-3/h4-11,16,23H,12-14H2,1-3H3,(H,21,24). The van der Waals surface area contributed by atoms with Gasteiger partial charge in [-0.15, -0.1) is 0 Å². The fraction of sp³-hybridized carbons (Fsp3) is 0.350. The smallest absolute Gasteiger partial charge is 0.318 e. The number of aryl methyl sites for hydroxylation is 1. The molecule has 25 heavy (non-hydrogen) atoms. The van der Waals surface area contributed by atoms with Crippen LogP contribution in [0.1, 0.15) is 29.7 Å². The molecule has 0 fully saturated rings. The van der Waals surface area contributed by atoms with E-state index in [2.05, 4.69) is 5.32 Å². The van der Waals surface area contributed by atoms with Crippen molar-refractivity contribution in [1.29, 1.82) is 0 Å². The van der Waals surface area contributed by atoms with E-state index in [0.29, 0.717) is 6.54 Å². The minimum atomic E-state index is -0.212. The molecule has 0 saturated carbocycles. The summed E-state index contributed by atoms with van der Waals surface area (Å²) in [5, 5.41) is 12.3. The Morgan fingerprint density at radius 1 is 1.20 bits per heavy atom. The van der Waals surface area contributed by atoms with E-state index in [-0.39, 0.29) is 25.2 Å². The van der Waals surface area contributed by atoms with Crippen molar-refractivity contribution in [3.63, 3.8) is 0 Å². The molecule has 0 heterocycles. The molecule has 0 spiro atoms. The van der Waals surface area contributed by atoms with Crippen LogP contribution in [0.3, 0.4) is 0 Å². The van der Waals surface area contributed by atoms with Gasteiger partial charge in [-0.1, -0.05) is 42.5 Å². The molecular weight excluding hydrogens is 316 g/mol. The molecule has 1 atom stereocenters. The van der Waals surface area contributed by atoms with Gasteiger partial charge < -0.3 is 20.1 Å². The fourth-order valence-electron chi connectivity index (χ4n) is 2.84. The summed E-state index contributed by atoms with van der Waals surface area (Å²) < 4.78 is 5.35. The lowest BCUT2D eigenvalue weighted by Gasteiger charge is -2.26. The van der Waals surface area contributed by atoms with Crippen molar-refractivity contribution in [1.82, 2.24) is 10.2 Å². The SMILES string of the molecule is COc1ccccc1CN(CCO)C(=O)NC(C)c1ccccc1C. The maximum absolute atomic E-state index is 12.7. The molecule has 5 heteroatoms. The first-order valence-corrected chi connectivity index (χ1v) is 8.40. The van der Waals surface area contributed by atoms with Gasteiger partial charge in [0.05, 0.1) is 26.3 Å². The van der Waals surface area contributed by atoms with E-state index in [1.807, 2.05) is 62.4 Å². The van der Waals surface area contributed by atoms with Crippen molar-refractivity contribution in [3.05, 3.63) is 65.2 Å². The Balaban J connectivity index is 2.11. The van der Waals surface area contributed by atoms with Crippen molar-refractivity contribution in [2.24, 2.45) is 0 Å². The van der Waals surface area contributed by atoms with E-state index in [9.17, 15) is 9.90 Å². The molecule has 0 aliphatic rings. The average Bonchev–Trinajstić information content (AvgIpc) is 2.62. The molecule has 2 N–H and O–H groups in total. The Bertz CT molecular complexity index is 703. The summed E-state index contributed by atoms with van der Waals surface area (Å²) in [7, 11) is 1.61. The molecule has 0 aliphatic carbocycles. The lowest BCUT2D eigenvalue weighted by molar-refractivity contribution is 0.171. The van der Waals surface area contributed by atoms with Gasteiger partial charge in [0, 0.05) is 12.1 Å². The molecule has 134 valence electrons. The minimum absolute atomic E-state index is 0.0959. The van der Waals surface area contributed by atoms with Crippen LogP contribution in [0.5, 0.6) is 5.75 Å². The first-order valence-electron chi connectivity index (χ1n) is 8.40. The minimum Gasteiger partial charge on any atom is -0.496 e. The Labute approximate surface area is 149 Å². The summed E-state index contributed by atoms with van der Waals surface area (Å²) >= 11 is 0. The van der Waals surface area contributed by atoms with Crippen molar-refractivity contribution in [3.8, 4) is 5.75 Å². The van der Waals surface area contributed by atoms with Crippen molar-refractivity contribution in [2.45, 2.75) is 26.4 Å². The van der Waals surface area contributed by atoms with Gasteiger partial charge in [0.2, 0.25) is 0 Å². The highest BCUT2D eigenvalue weighted by atomic mass is 16.5. The van der Waals surface area contributed by atoms with E-state index in [1.54, 1.807) is 12.0 Å². The predicted molar refractivity (Wildman–Crippen MR) is 98.6 cm³/mol. The molecule has 5 nitrogen and oxygen atoms in total. The number of hydrogen-bond acceptors (Lipinski definition) is 3. The molecule has 0 aromatic heterocycles. The van der Waals surface area contributed by atoms with Gasteiger partial charge in [0.25, 0.3) is 0 Å². The number of nitrogens with zero attached hydrogens (tertiary/aromatic N) is 1. The van der Waals surface area contributed by atoms with Crippen LogP contribution >= 0.6 is 0 Å². The zero-order valence-corrected chi connectivity index (χ0v) is 15.0. The summed E-state index contributed by atoms with van der Waals surface area (Å²) in [6.07, 6.45) is 0. The largest absolute Gasteiger partial charge is 0.496 e. The first kappa shape index (κ1) is 18.8. The number of ether oxygens (including phenoxy) is 1. The molecular formula is C20H26N2O3. The number of hydrogen-bond donors (Lipinski definition) is 2. The van der Waals surface area contributed by atoms with E-state index in [4.69, 9.17) is 4.74 Å². The third-order valence-electron chi connectivity index (χ3n) is 4.21. The number of carbonyl (C=O) groups excluding carboxylic acids is 1. The Morgan fingerprint density at radius 2 is 1.88 bits per heavy atom. The first-order chi connectivity index (χ1) is 12.1. The van der Waals surface area contributed by atoms with Crippen molar-refractivity contribution < 1.29 is 14.6 Å². The molecule has 0 radical (unpaired) electrons. The van der Waals surface area contributed by atoms with Gasteiger partial charge in [-0.3, -0.25) is 0 Å². The quantitative estimate of drug-likeness (QED) is 0.812. The fourth-order valence-corrected chi connectivity index (χ4v) is 2.84. The van der Waals surface area contributed by atoms with Crippen LogP contribution in [0.4, 0.5) is 4.79 Å². The molecule has 0 bridgehead atoms. The highest BCUT2D eigenvalue weighted by Gasteiger charge is 2.18. The van der Waals surface area contributed by atoms with Crippen LogP contribution < -0.4 is 10.1 Å². The number of amides is 2. The zero-order valence-electron chi connectivity index (χ0n) is 15.0. The average molecular weight is 342 g/mol. The second-order valence-corrected chi connectivity index (χ2v) is 5.98. The van der Waals surface area contributed by atoms with Crippen LogP contribution in [0.15, 0.2) is 48.5 Å². The summed E-state index contributed by atoms with van der Waals surface area (Å²) in [5.41, 5.74) is 3.11. The number of aliphatic hydroxyl groups is 1. The number of urea groups is 1.